The van der Waals surface area contributed by atoms with Gasteiger partial charge < -0.3 is 9.64 Å². The Morgan fingerprint density at radius 3 is 2.38 bits per heavy atom. The zero-order chi connectivity index (χ0) is 21.0. The van der Waals surface area contributed by atoms with Crippen molar-refractivity contribution in [2.24, 2.45) is 5.92 Å². The van der Waals surface area contributed by atoms with E-state index in [-0.39, 0.29) is 23.8 Å². The van der Waals surface area contributed by atoms with E-state index < -0.39 is 10.0 Å². The number of piperidine rings is 1. The predicted molar refractivity (Wildman–Crippen MR) is 110 cm³/mol. The Kier molecular flexibility index (Phi) is 7.31. The highest BCUT2D eigenvalue weighted by molar-refractivity contribution is 7.91. The molecule has 1 aromatic rings. The van der Waals surface area contributed by atoms with Crippen LogP contribution < -0.4 is 0 Å². The summed E-state index contributed by atoms with van der Waals surface area (Å²) in [6, 6.07) is 3.05. The lowest BCUT2D eigenvalue weighted by Crippen LogP contribution is -2.56. The van der Waals surface area contributed by atoms with Crippen LogP contribution in [0.5, 0.6) is 0 Å². The molecule has 2 aliphatic rings. The molecule has 0 saturated carbocycles. The molecule has 29 heavy (non-hydrogen) atoms. The number of rotatable bonds is 6. The van der Waals surface area contributed by atoms with Gasteiger partial charge in [-0.1, -0.05) is 6.07 Å². The molecule has 2 saturated heterocycles. The van der Waals surface area contributed by atoms with Gasteiger partial charge in [0.15, 0.2) is 0 Å². The van der Waals surface area contributed by atoms with Crippen molar-refractivity contribution in [2.75, 3.05) is 45.9 Å². The Balaban J connectivity index is 1.50. The van der Waals surface area contributed by atoms with Crippen LogP contribution in [0, 0.1) is 5.92 Å². The van der Waals surface area contributed by atoms with E-state index in [0.29, 0.717) is 62.9 Å². The molecule has 0 aromatic carbocycles. The zero-order valence-corrected chi connectivity index (χ0v) is 18.6. The molecular weight excluding hydrogens is 414 g/mol. The summed E-state index contributed by atoms with van der Waals surface area (Å²) in [7, 11) is -3.44. The highest BCUT2D eigenvalue weighted by atomic mass is 32.2. The van der Waals surface area contributed by atoms with Gasteiger partial charge in [0.2, 0.25) is 5.91 Å². The Labute approximate surface area is 176 Å². The van der Waals surface area contributed by atoms with Crippen LogP contribution in [0.25, 0.3) is 0 Å². The van der Waals surface area contributed by atoms with Gasteiger partial charge in [0, 0.05) is 39.3 Å². The van der Waals surface area contributed by atoms with Crippen molar-refractivity contribution in [3.05, 3.63) is 17.5 Å². The molecule has 10 heteroatoms. The molecule has 3 rings (SSSR count). The molecule has 1 atom stereocenters. The van der Waals surface area contributed by atoms with Crippen LogP contribution in [0.15, 0.2) is 21.7 Å². The van der Waals surface area contributed by atoms with Crippen molar-refractivity contribution in [2.45, 2.75) is 36.9 Å². The average Bonchev–Trinajstić information content (AvgIpc) is 3.29. The summed E-state index contributed by atoms with van der Waals surface area (Å²) in [5.74, 6) is -0.252. The highest BCUT2D eigenvalue weighted by Gasteiger charge is 2.35. The second kappa shape index (κ2) is 9.55. The summed E-state index contributed by atoms with van der Waals surface area (Å²) < 4.78 is 32.2. The average molecular weight is 444 g/mol. The van der Waals surface area contributed by atoms with Crippen LogP contribution >= 0.6 is 11.3 Å². The van der Waals surface area contributed by atoms with E-state index in [4.69, 9.17) is 4.74 Å². The van der Waals surface area contributed by atoms with E-state index in [2.05, 4.69) is 0 Å². The number of amides is 1. The smallest absolute Gasteiger partial charge is 0.309 e. The van der Waals surface area contributed by atoms with E-state index in [9.17, 15) is 18.0 Å². The Hall–Kier alpha value is -1.49. The molecule has 0 aliphatic carbocycles. The minimum absolute atomic E-state index is 0.0434. The first-order chi connectivity index (χ1) is 13.8. The van der Waals surface area contributed by atoms with Crippen LogP contribution in [0.4, 0.5) is 0 Å². The number of carbonyl (C=O) groups excluding carboxylic acids is 2. The van der Waals surface area contributed by atoms with Crippen LogP contribution in [-0.4, -0.2) is 86.3 Å². The lowest BCUT2D eigenvalue weighted by atomic mass is 9.96. The van der Waals surface area contributed by atoms with Gasteiger partial charge in [-0.05, 0) is 38.1 Å². The first-order valence-electron chi connectivity index (χ1n) is 10.1. The number of hydrogen-bond acceptors (Lipinski definition) is 7. The number of esters is 1. The molecule has 1 aromatic heterocycles. The van der Waals surface area contributed by atoms with E-state index in [1.165, 1.54) is 15.6 Å². The second-order valence-electron chi connectivity index (χ2n) is 7.40. The minimum Gasteiger partial charge on any atom is -0.466 e. The lowest BCUT2D eigenvalue weighted by Gasteiger charge is -2.39. The monoisotopic (exact) mass is 443 g/mol. The van der Waals surface area contributed by atoms with Crippen LogP contribution in [-0.2, 0) is 24.3 Å². The van der Waals surface area contributed by atoms with Crippen LogP contribution in [0.1, 0.15) is 26.7 Å². The number of hydrogen-bond donors (Lipinski definition) is 0. The van der Waals surface area contributed by atoms with Gasteiger partial charge in [-0.3, -0.25) is 14.5 Å². The molecule has 0 radical (unpaired) electrons. The number of ether oxygens (including phenoxy) is 1. The molecule has 162 valence electrons. The van der Waals surface area contributed by atoms with Crippen molar-refractivity contribution in [1.82, 2.24) is 14.1 Å². The van der Waals surface area contributed by atoms with Crippen molar-refractivity contribution in [1.29, 1.82) is 0 Å². The van der Waals surface area contributed by atoms with Crippen molar-refractivity contribution >= 4 is 33.2 Å². The summed E-state index contributed by atoms with van der Waals surface area (Å²) in [5.41, 5.74) is 0. The number of sulfonamides is 1. The second-order valence-corrected chi connectivity index (χ2v) is 10.5. The van der Waals surface area contributed by atoms with E-state index in [0.717, 1.165) is 0 Å². The molecule has 2 aliphatic heterocycles. The molecule has 8 nitrogen and oxygen atoms in total. The minimum atomic E-state index is -3.44. The maximum absolute atomic E-state index is 12.9. The molecule has 0 N–H and O–H groups in total. The van der Waals surface area contributed by atoms with Gasteiger partial charge in [-0.25, -0.2) is 8.42 Å². The van der Waals surface area contributed by atoms with E-state index >= 15 is 0 Å². The molecule has 1 amide bonds. The van der Waals surface area contributed by atoms with Gasteiger partial charge >= 0.3 is 5.97 Å². The molecule has 0 spiro atoms. The van der Waals surface area contributed by atoms with Crippen molar-refractivity contribution < 1.29 is 22.7 Å². The van der Waals surface area contributed by atoms with Gasteiger partial charge in [-0.2, -0.15) is 4.31 Å². The topological polar surface area (TPSA) is 87.2 Å². The first-order valence-corrected chi connectivity index (χ1v) is 12.4. The Morgan fingerprint density at radius 2 is 1.83 bits per heavy atom. The van der Waals surface area contributed by atoms with Crippen LogP contribution in [0.2, 0.25) is 0 Å². The fraction of sp³-hybridized carbons (Fsp3) is 0.684. The summed E-state index contributed by atoms with van der Waals surface area (Å²) in [6.07, 6.45) is 1.26. The Bertz CT molecular complexity index is 796. The quantitative estimate of drug-likeness (QED) is 0.615. The number of carbonyl (C=O) groups is 2. The lowest BCUT2D eigenvalue weighted by molar-refractivity contribution is -0.152. The maximum Gasteiger partial charge on any atom is 0.309 e. The zero-order valence-electron chi connectivity index (χ0n) is 17.0. The number of likely N-dealkylation sites (tertiary alicyclic amines) is 1. The summed E-state index contributed by atoms with van der Waals surface area (Å²) in [4.78, 5) is 28.6. The number of nitrogens with zero attached hydrogens (tertiary/aromatic N) is 3. The van der Waals surface area contributed by atoms with Gasteiger partial charge in [0.1, 0.15) is 4.21 Å². The number of piperazine rings is 1. The SMILES string of the molecule is CCOC(=O)C1CCN(C(=O)[C@H](C)N2CCN(S(=O)(=O)c3cccs3)CC2)CC1. The van der Waals surface area contributed by atoms with E-state index in [1.807, 2.05) is 16.7 Å². The normalized spacial score (nSPS) is 21.1. The fourth-order valence-corrected chi connectivity index (χ4v) is 6.45. The predicted octanol–water partition coefficient (Wildman–Crippen LogP) is 1.24. The standard InChI is InChI=1S/C19H29N3O5S2/c1-3-27-19(24)16-6-8-21(9-7-16)18(23)15(2)20-10-12-22(13-11-20)29(25,26)17-5-4-14-28-17/h4-5,14-16H,3,6-13H2,1-2H3/t15-/m0/s1. The first kappa shape index (κ1) is 22.2. The van der Waals surface area contributed by atoms with Gasteiger partial charge in [0.25, 0.3) is 10.0 Å². The third-order valence-corrected chi connectivity index (χ3v) is 8.97. The summed E-state index contributed by atoms with van der Waals surface area (Å²) in [6.45, 7) is 6.97. The van der Waals surface area contributed by atoms with Gasteiger partial charge in [-0.15, -0.1) is 11.3 Å². The van der Waals surface area contributed by atoms with Gasteiger partial charge in [0.05, 0.1) is 18.6 Å². The number of thiophene rings is 1. The summed E-state index contributed by atoms with van der Waals surface area (Å²) >= 11 is 1.22. The summed E-state index contributed by atoms with van der Waals surface area (Å²) in [5, 5.41) is 1.76. The molecule has 2 fully saturated rings. The van der Waals surface area contributed by atoms with Crippen molar-refractivity contribution in [3.63, 3.8) is 0 Å². The van der Waals surface area contributed by atoms with E-state index in [1.54, 1.807) is 24.4 Å². The molecule has 0 unspecified atom stereocenters. The van der Waals surface area contributed by atoms with Crippen molar-refractivity contribution in [3.8, 4) is 0 Å². The third-order valence-electron chi connectivity index (χ3n) is 5.69. The third kappa shape index (κ3) is 4.99. The fourth-order valence-electron chi connectivity index (χ4n) is 3.88. The van der Waals surface area contributed by atoms with Crippen LogP contribution in [0.3, 0.4) is 0 Å². The molecule has 0 bridgehead atoms. The maximum atomic E-state index is 12.9. The molecular formula is C19H29N3O5S2. The largest absolute Gasteiger partial charge is 0.466 e. The highest BCUT2D eigenvalue weighted by Crippen LogP contribution is 2.24. The Morgan fingerprint density at radius 1 is 1.17 bits per heavy atom. The molecule has 3 heterocycles.